The molecule has 1 unspecified atom stereocenters. The Labute approximate surface area is 130 Å². The molecular weight excluding hydrogens is 304 g/mol. The predicted octanol–water partition coefficient (Wildman–Crippen LogP) is 1.11. The lowest BCUT2D eigenvalue weighted by molar-refractivity contribution is 0.222. The van der Waals surface area contributed by atoms with Crippen molar-refractivity contribution in [3.05, 3.63) is 24.4 Å². The molecule has 1 aromatic heterocycles. The van der Waals surface area contributed by atoms with E-state index < -0.39 is 15.3 Å². The molecule has 22 heavy (non-hydrogen) atoms. The van der Waals surface area contributed by atoms with Crippen LogP contribution in [0.1, 0.15) is 19.3 Å². The Morgan fingerprint density at radius 1 is 1.23 bits per heavy atom. The minimum Gasteiger partial charge on any atom is -0.323 e. The van der Waals surface area contributed by atoms with Gasteiger partial charge in [0.25, 0.3) is 0 Å². The lowest BCUT2D eigenvalue weighted by Crippen LogP contribution is -2.40. The first kappa shape index (κ1) is 15.2. The van der Waals surface area contributed by atoms with E-state index in [-0.39, 0.29) is 12.6 Å². The highest BCUT2D eigenvalue weighted by Gasteiger charge is 2.39. The van der Waals surface area contributed by atoms with Gasteiger partial charge in [0.1, 0.15) is 5.82 Å². The van der Waals surface area contributed by atoms with Crippen molar-refractivity contribution in [3.63, 3.8) is 0 Å². The van der Waals surface area contributed by atoms with Crippen molar-refractivity contribution in [2.45, 2.75) is 24.5 Å². The topological polar surface area (TPSA) is 82.6 Å². The Bertz CT molecular complexity index is 629. The van der Waals surface area contributed by atoms with Gasteiger partial charge < -0.3 is 4.90 Å². The number of hydrogen-bond acceptors (Lipinski definition) is 4. The zero-order valence-electron chi connectivity index (χ0n) is 12.3. The maximum Gasteiger partial charge on any atom is 0.323 e. The molecule has 2 fully saturated rings. The van der Waals surface area contributed by atoms with Crippen LogP contribution in [0.25, 0.3) is 0 Å². The lowest BCUT2D eigenvalue weighted by atomic mass is 10.4. The smallest absolute Gasteiger partial charge is 0.323 e. The number of aromatic nitrogens is 1. The van der Waals surface area contributed by atoms with Crippen molar-refractivity contribution < 1.29 is 13.2 Å². The Kier molecular flexibility index (Phi) is 4.30. The summed E-state index contributed by atoms with van der Waals surface area (Å²) in [4.78, 5) is 17.8. The fourth-order valence-electron chi connectivity index (χ4n) is 2.93. The molecule has 3 rings (SSSR count). The number of rotatable bonds is 3. The zero-order chi connectivity index (χ0) is 15.6. The second-order valence-corrected chi connectivity index (χ2v) is 7.87. The summed E-state index contributed by atoms with van der Waals surface area (Å²) in [6.07, 6.45) is 3.94. The number of carbonyl (C=O) groups is 1. The minimum absolute atomic E-state index is 0.248. The average molecular weight is 324 g/mol. The second-order valence-electron chi connectivity index (χ2n) is 5.65. The van der Waals surface area contributed by atoms with Crippen LogP contribution in [0.4, 0.5) is 10.6 Å². The molecular formula is C14H20N4O3S. The van der Waals surface area contributed by atoms with Gasteiger partial charge in [-0.15, -0.1) is 0 Å². The Balaban J connectivity index is 1.61. The maximum atomic E-state index is 12.5. The molecule has 0 radical (unpaired) electrons. The number of hydrogen-bond donors (Lipinski definition) is 1. The number of amides is 2. The first-order valence-corrected chi connectivity index (χ1v) is 9.03. The van der Waals surface area contributed by atoms with Crippen molar-refractivity contribution >= 4 is 21.9 Å². The van der Waals surface area contributed by atoms with E-state index in [1.165, 1.54) is 0 Å². The fraction of sp³-hybridized carbons (Fsp3) is 0.571. The van der Waals surface area contributed by atoms with E-state index in [0.29, 0.717) is 31.9 Å². The fourth-order valence-corrected chi connectivity index (χ4v) is 4.89. The van der Waals surface area contributed by atoms with Crippen LogP contribution in [-0.4, -0.2) is 60.1 Å². The van der Waals surface area contributed by atoms with E-state index in [1.54, 1.807) is 33.6 Å². The molecule has 120 valence electrons. The quantitative estimate of drug-likeness (QED) is 0.903. The van der Waals surface area contributed by atoms with E-state index >= 15 is 0 Å². The highest BCUT2D eigenvalue weighted by Crippen LogP contribution is 2.24. The summed E-state index contributed by atoms with van der Waals surface area (Å²) < 4.78 is 26.6. The number of anilines is 1. The van der Waals surface area contributed by atoms with Crippen LogP contribution >= 0.6 is 0 Å². The van der Waals surface area contributed by atoms with Gasteiger partial charge in [-0.3, -0.25) is 5.32 Å². The first-order valence-electron chi connectivity index (χ1n) is 7.53. The number of likely N-dealkylation sites (tertiary alicyclic amines) is 1. The van der Waals surface area contributed by atoms with Gasteiger partial charge in [0.2, 0.25) is 10.0 Å². The Hall–Kier alpha value is -1.67. The molecule has 2 aliphatic rings. The van der Waals surface area contributed by atoms with Crippen LogP contribution in [0.5, 0.6) is 0 Å². The number of nitrogens with zero attached hydrogens (tertiary/aromatic N) is 3. The van der Waals surface area contributed by atoms with Crippen LogP contribution in [0.3, 0.4) is 0 Å². The molecule has 2 aliphatic heterocycles. The molecule has 3 heterocycles. The monoisotopic (exact) mass is 324 g/mol. The summed E-state index contributed by atoms with van der Waals surface area (Å²) in [5.74, 6) is 0.471. The number of nitrogens with one attached hydrogen (secondary N) is 1. The molecule has 0 spiro atoms. The lowest BCUT2D eigenvalue weighted by Gasteiger charge is -2.21. The Morgan fingerprint density at radius 3 is 2.68 bits per heavy atom. The predicted molar refractivity (Wildman–Crippen MR) is 83.0 cm³/mol. The highest BCUT2D eigenvalue weighted by atomic mass is 32.2. The minimum atomic E-state index is -3.28. The van der Waals surface area contributed by atoms with Crippen LogP contribution < -0.4 is 5.32 Å². The van der Waals surface area contributed by atoms with Gasteiger partial charge in [0.15, 0.2) is 0 Å². The van der Waals surface area contributed by atoms with E-state index in [2.05, 4.69) is 10.3 Å². The van der Waals surface area contributed by atoms with Gasteiger partial charge in [0.05, 0.1) is 5.25 Å². The van der Waals surface area contributed by atoms with Crippen molar-refractivity contribution in [2.24, 2.45) is 0 Å². The van der Waals surface area contributed by atoms with Crippen molar-refractivity contribution in [1.82, 2.24) is 14.2 Å². The summed E-state index contributed by atoms with van der Waals surface area (Å²) in [6.45, 7) is 1.92. The summed E-state index contributed by atoms with van der Waals surface area (Å²) in [7, 11) is -3.28. The summed E-state index contributed by atoms with van der Waals surface area (Å²) in [5.41, 5.74) is 0. The van der Waals surface area contributed by atoms with Crippen LogP contribution in [0.15, 0.2) is 24.4 Å². The van der Waals surface area contributed by atoms with E-state index in [0.717, 1.165) is 12.8 Å². The molecule has 1 atom stereocenters. The van der Waals surface area contributed by atoms with Gasteiger partial charge in [-0.05, 0) is 31.4 Å². The Morgan fingerprint density at radius 2 is 2.00 bits per heavy atom. The van der Waals surface area contributed by atoms with Crippen molar-refractivity contribution in [1.29, 1.82) is 0 Å². The molecule has 0 aromatic carbocycles. The SMILES string of the molecule is O=C(Nc1ccccn1)N1CCC(S(=O)(=O)N2CCCC2)C1. The third-order valence-corrected chi connectivity index (χ3v) is 6.49. The zero-order valence-corrected chi connectivity index (χ0v) is 13.1. The van der Waals surface area contributed by atoms with Crippen LogP contribution in [0.2, 0.25) is 0 Å². The van der Waals surface area contributed by atoms with Crippen molar-refractivity contribution in [2.75, 3.05) is 31.5 Å². The van der Waals surface area contributed by atoms with Crippen molar-refractivity contribution in [3.8, 4) is 0 Å². The molecule has 0 aliphatic carbocycles. The van der Waals surface area contributed by atoms with E-state index in [1.807, 2.05) is 0 Å². The molecule has 0 saturated carbocycles. The molecule has 2 saturated heterocycles. The largest absolute Gasteiger partial charge is 0.323 e. The third-order valence-electron chi connectivity index (χ3n) is 4.18. The third kappa shape index (κ3) is 3.07. The average Bonchev–Trinajstić information content (AvgIpc) is 3.20. The molecule has 1 aromatic rings. The molecule has 1 N–H and O–H groups in total. The summed E-state index contributed by atoms with van der Waals surface area (Å²) >= 11 is 0. The van der Waals surface area contributed by atoms with Gasteiger partial charge in [0, 0.05) is 32.4 Å². The summed E-state index contributed by atoms with van der Waals surface area (Å²) in [6, 6.07) is 4.96. The molecule has 0 bridgehead atoms. The number of pyridine rings is 1. The normalized spacial score (nSPS) is 22.9. The van der Waals surface area contributed by atoms with Crippen LogP contribution in [-0.2, 0) is 10.0 Å². The first-order chi connectivity index (χ1) is 10.6. The molecule has 7 nitrogen and oxygen atoms in total. The van der Waals surface area contributed by atoms with Gasteiger partial charge >= 0.3 is 6.03 Å². The van der Waals surface area contributed by atoms with Crippen LogP contribution in [0, 0.1) is 0 Å². The second kappa shape index (κ2) is 6.21. The number of sulfonamides is 1. The van der Waals surface area contributed by atoms with E-state index in [9.17, 15) is 13.2 Å². The standard InChI is InChI=1S/C14H20N4O3S/c19-14(16-13-5-1-2-7-15-13)17-10-6-12(11-17)22(20,21)18-8-3-4-9-18/h1-2,5,7,12H,3-4,6,8-11H2,(H,15,16,19). The number of carbonyl (C=O) groups excluding carboxylic acids is 1. The molecule has 8 heteroatoms. The maximum absolute atomic E-state index is 12.5. The molecule has 2 amide bonds. The van der Waals surface area contributed by atoms with Gasteiger partial charge in [-0.1, -0.05) is 6.07 Å². The van der Waals surface area contributed by atoms with E-state index in [4.69, 9.17) is 0 Å². The van der Waals surface area contributed by atoms with Gasteiger partial charge in [-0.2, -0.15) is 0 Å². The summed E-state index contributed by atoms with van der Waals surface area (Å²) in [5, 5.41) is 2.21. The highest BCUT2D eigenvalue weighted by molar-refractivity contribution is 7.89. The van der Waals surface area contributed by atoms with Gasteiger partial charge in [-0.25, -0.2) is 22.5 Å². The number of urea groups is 1.